The minimum absolute atomic E-state index is 0.0220. The zero-order chi connectivity index (χ0) is 16.4. The van der Waals surface area contributed by atoms with E-state index in [-0.39, 0.29) is 33.4 Å². The Balaban J connectivity index is 2.79. The molecule has 0 saturated carbocycles. The lowest BCUT2D eigenvalue weighted by atomic mass is 10.2. The Morgan fingerprint density at radius 1 is 1.45 bits per heavy atom. The first-order valence-corrected chi connectivity index (χ1v) is 6.35. The second-order valence-electron chi connectivity index (χ2n) is 4.19. The average Bonchev–Trinajstić information content (AvgIpc) is 2.83. The van der Waals surface area contributed by atoms with Crippen LogP contribution in [0, 0.1) is 17.1 Å². The van der Waals surface area contributed by atoms with Crippen molar-refractivity contribution in [2.75, 3.05) is 20.0 Å². The van der Waals surface area contributed by atoms with E-state index in [0.29, 0.717) is 0 Å². The summed E-state index contributed by atoms with van der Waals surface area (Å²) in [4.78, 5) is 11.9. The van der Waals surface area contributed by atoms with Crippen LogP contribution < -0.4 is 10.5 Å². The number of halogens is 2. The van der Waals surface area contributed by atoms with E-state index in [2.05, 4.69) is 4.74 Å². The van der Waals surface area contributed by atoms with Gasteiger partial charge in [0.25, 0.3) is 0 Å². The van der Waals surface area contributed by atoms with Crippen LogP contribution in [0.3, 0.4) is 0 Å². The molecule has 1 aromatic carbocycles. The molecule has 0 amide bonds. The van der Waals surface area contributed by atoms with E-state index in [1.54, 1.807) is 0 Å². The summed E-state index contributed by atoms with van der Waals surface area (Å²) in [6, 6.07) is 4.58. The zero-order valence-electron chi connectivity index (χ0n) is 11.7. The van der Waals surface area contributed by atoms with Crippen molar-refractivity contribution in [3.05, 3.63) is 40.4 Å². The van der Waals surface area contributed by atoms with Crippen molar-refractivity contribution in [3.63, 3.8) is 0 Å². The van der Waals surface area contributed by atoms with Gasteiger partial charge in [0.15, 0.2) is 17.3 Å². The highest BCUT2D eigenvalue weighted by atomic mass is 35.5. The van der Waals surface area contributed by atoms with Crippen molar-refractivity contribution < 1.29 is 18.7 Å². The second kappa shape index (κ2) is 5.95. The van der Waals surface area contributed by atoms with Gasteiger partial charge in [-0.15, -0.1) is 0 Å². The van der Waals surface area contributed by atoms with E-state index in [9.17, 15) is 9.18 Å². The molecule has 0 aliphatic carbocycles. The number of nitrogens with zero attached hydrogens (tertiary/aromatic N) is 2. The van der Waals surface area contributed by atoms with Crippen LogP contribution in [0.1, 0.15) is 16.1 Å². The molecular formula is C14H11ClFN3O3. The van der Waals surface area contributed by atoms with Gasteiger partial charge in [-0.25, -0.2) is 9.18 Å². The molecule has 1 heterocycles. The number of nitriles is 1. The lowest BCUT2D eigenvalue weighted by molar-refractivity contribution is 0.0593. The van der Waals surface area contributed by atoms with Crippen LogP contribution in [-0.4, -0.2) is 24.8 Å². The van der Waals surface area contributed by atoms with Crippen LogP contribution in [0.5, 0.6) is 5.75 Å². The van der Waals surface area contributed by atoms with Gasteiger partial charge in [0.2, 0.25) is 0 Å². The molecule has 0 saturated heterocycles. The summed E-state index contributed by atoms with van der Waals surface area (Å²) in [5.74, 6) is -1.77. The van der Waals surface area contributed by atoms with E-state index in [0.717, 1.165) is 11.7 Å². The minimum atomic E-state index is -0.799. The Labute approximate surface area is 130 Å². The fourth-order valence-corrected chi connectivity index (χ4v) is 2.22. The third kappa shape index (κ3) is 2.34. The monoisotopic (exact) mass is 323 g/mol. The van der Waals surface area contributed by atoms with Gasteiger partial charge >= 0.3 is 5.97 Å². The number of benzene rings is 1. The third-order valence-electron chi connectivity index (χ3n) is 3.04. The van der Waals surface area contributed by atoms with Crippen molar-refractivity contribution in [2.24, 2.45) is 0 Å². The van der Waals surface area contributed by atoms with Gasteiger partial charge < -0.3 is 19.8 Å². The molecule has 0 aliphatic rings. The summed E-state index contributed by atoms with van der Waals surface area (Å²) in [5, 5.41) is 9.11. The number of hydrogen-bond acceptors (Lipinski definition) is 5. The number of hydrogen-bond donors (Lipinski definition) is 1. The van der Waals surface area contributed by atoms with Crippen LogP contribution in [-0.2, 0) is 4.74 Å². The first-order valence-electron chi connectivity index (χ1n) is 5.97. The highest BCUT2D eigenvalue weighted by Crippen LogP contribution is 2.34. The molecule has 0 spiro atoms. The molecule has 0 radical (unpaired) electrons. The molecule has 2 aromatic rings. The first kappa shape index (κ1) is 15.7. The molecule has 2 N–H and O–H groups in total. The number of anilines is 1. The highest BCUT2D eigenvalue weighted by Gasteiger charge is 2.24. The molecule has 22 heavy (non-hydrogen) atoms. The minimum Gasteiger partial charge on any atom is -0.492 e. The highest BCUT2D eigenvalue weighted by molar-refractivity contribution is 6.32. The lowest BCUT2D eigenvalue weighted by Crippen LogP contribution is -2.12. The Kier molecular flexibility index (Phi) is 4.24. The Morgan fingerprint density at radius 3 is 2.68 bits per heavy atom. The number of aromatic nitrogens is 1. The fraction of sp³-hybridized carbons (Fsp3) is 0.143. The van der Waals surface area contributed by atoms with E-state index in [1.807, 2.05) is 6.07 Å². The van der Waals surface area contributed by atoms with Crippen LogP contribution in [0.2, 0.25) is 5.02 Å². The topological polar surface area (TPSA) is 90.3 Å². The number of nitrogen functional groups attached to an aromatic ring is 1. The summed E-state index contributed by atoms with van der Waals surface area (Å²) < 4.78 is 25.2. The van der Waals surface area contributed by atoms with Gasteiger partial charge in [-0.3, -0.25) is 0 Å². The number of carbonyl (C=O) groups excluding carboxylic acids is 1. The summed E-state index contributed by atoms with van der Waals surface area (Å²) in [5.41, 5.74) is 5.49. The van der Waals surface area contributed by atoms with Gasteiger partial charge in [0.1, 0.15) is 6.07 Å². The lowest BCUT2D eigenvalue weighted by Gasteiger charge is -2.12. The second-order valence-corrected chi connectivity index (χ2v) is 4.60. The van der Waals surface area contributed by atoms with E-state index >= 15 is 0 Å². The van der Waals surface area contributed by atoms with Crippen LogP contribution >= 0.6 is 11.6 Å². The van der Waals surface area contributed by atoms with E-state index in [4.69, 9.17) is 27.3 Å². The van der Waals surface area contributed by atoms with Crippen LogP contribution in [0.25, 0.3) is 5.69 Å². The Hall–Kier alpha value is -2.72. The number of rotatable bonds is 3. The van der Waals surface area contributed by atoms with Crippen molar-refractivity contribution in [2.45, 2.75) is 0 Å². The molecule has 1 aromatic heterocycles. The summed E-state index contributed by atoms with van der Waals surface area (Å²) in [6.45, 7) is 0. The number of methoxy groups -OCH3 is 2. The number of carbonyl (C=O) groups is 1. The van der Waals surface area contributed by atoms with E-state index < -0.39 is 11.8 Å². The van der Waals surface area contributed by atoms with Gasteiger partial charge in [-0.1, -0.05) is 11.6 Å². The SMILES string of the molecule is COC(=O)c1c(N)c(C#N)cn1-c1ccc(Cl)c(OC)c1F. The number of nitrogens with two attached hydrogens (primary N) is 1. The molecule has 0 unspecified atom stereocenters. The third-order valence-corrected chi connectivity index (χ3v) is 3.33. The molecule has 0 bridgehead atoms. The van der Waals surface area contributed by atoms with Crippen molar-refractivity contribution >= 4 is 23.3 Å². The molecule has 2 rings (SSSR count). The quantitative estimate of drug-likeness (QED) is 0.876. The average molecular weight is 324 g/mol. The summed E-state index contributed by atoms with van der Waals surface area (Å²) in [6.07, 6.45) is 1.24. The molecule has 0 atom stereocenters. The molecule has 8 heteroatoms. The maximum absolute atomic E-state index is 14.5. The fourth-order valence-electron chi connectivity index (χ4n) is 2.00. The molecule has 114 valence electrons. The number of esters is 1. The smallest absolute Gasteiger partial charge is 0.357 e. The van der Waals surface area contributed by atoms with Gasteiger partial charge in [0.05, 0.1) is 36.2 Å². The zero-order valence-corrected chi connectivity index (χ0v) is 12.4. The van der Waals surface area contributed by atoms with Crippen molar-refractivity contribution in [1.82, 2.24) is 4.57 Å². The molecular weight excluding hydrogens is 313 g/mol. The van der Waals surface area contributed by atoms with Crippen molar-refractivity contribution in [3.8, 4) is 17.5 Å². The Morgan fingerprint density at radius 2 is 2.14 bits per heavy atom. The number of ether oxygens (including phenoxy) is 2. The first-order chi connectivity index (χ1) is 10.5. The largest absolute Gasteiger partial charge is 0.492 e. The normalized spacial score (nSPS) is 10.1. The van der Waals surface area contributed by atoms with Gasteiger partial charge in [0, 0.05) is 6.20 Å². The van der Waals surface area contributed by atoms with Gasteiger partial charge in [-0.05, 0) is 12.1 Å². The molecule has 6 nitrogen and oxygen atoms in total. The predicted octanol–water partition coefficient (Wildman–Crippen LogP) is 2.52. The van der Waals surface area contributed by atoms with Crippen LogP contribution in [0.15, 0.2) is 18.3 Å². The molecule has 0 aliphatic heterocycles. The van der Waals surface area contributed by atoms with E-state index in [1.165, 1.54) is 25.4 Å². The van der Waals surface area contributed by atoms with Crippen molar-refractivity contribution in [1.29, 1.82) is 5.26 Å². The van der Waals surface area contributed by atoms with Gasteiger partial charge in [-0.2, -0.15) is 5.26 Å². The Bertz CT molecular complexity index is 796. The summed E-state index contributed by atoms with van der Waals surface area (Å²) in [7, 11) is 2.42. The maximum atomic E-state index is 14.5. The predicted molar refractivity (Wildman–Crippen MR) is 77.8 cm³/mol. The standard InChI is InChI=1S/C14H11ClFN3O3/c1-21-13-8(15)3-4-9(10(13)16)19-6-7(5-17)11(18)12(19)14(20)22-2/h3-4,6H,18H2,1-2H3. The van der Waals surface area contributed by atoms with Crippen LogP contribution in [0.4, 0.5) is 10.1 Å². The summed E-state index contributed by atoms with van der Waals surface area (Å²) >= 11 is 5.84. The maximum Gasteiger partial charge on any atom is 0.357 e. The molecule has 0 fully saturated rings.